The van der Waals surface area contributed by atoms with Crippen molar-refractivity contribution in [1.29, 1.82) is 0 Å². The molecule has 2 aromatic rings. The van der Waals surface area contributed by atoms with E-state index in [1.54, 1.807) is 0 Å². The molecule has 0 spiro atoms. The Balaban J connectivity index is 2.21. The minimum Gasteiger partial charge on any atom is -0.404 e. The Labute approximate surface area is 136 Å². The van der Waals surface area contributed by atoms with Crippen molar-refractivity contribution < 1.29 is 31.1 Å². The summed E-state index contributed by atoms with van der Waals surface area (Å²) in [6.07, 6.45) is -3.87. The lowest BCUT2D eigenvalue weighted by molar-refractivity contribution is -0.274. The number of ether oxygens (including phenoxy) is 1. The van der Waals surface area contributed by atoms with E-state index in [4.69, 9.17) is 0 Å². The number of anilines is 1. The second-order valence-electron chi connectivity index (χ2n) is 4.79. The van der Waals surface area contributed by atoms with E-state index in [9.17, 15) is 26.4 Å². The molecule has 9 heteroatoms. The maximum Gasteiger partial charge on any atom is 0.573 e. The van der Waals surface area contributed by atoms with Crippen molar-refractivity contribution in [3.8, 4) is 5.75 Å². The first kappa shape index (κ1) is 17.8. The van der Waals surface area contributed by atoms with Crippen LogP contribution in [0.4, 0.5) is 18.9 Å². The van der Waals surface area contributed by atoms with E-state index >= 15 is 0 Å². The van der Waals surface area contributed by atoms with E-state index in [1.807, 2.05) is 0 Å². The molecule has 1 amide bonds. The van der Waals surface area contributed by atoms with Gasteiger partial charge in [-0.2, -0.15) is 0 Å². The van der Waals surface area contributed by atoms with Gasteiger partial charge in [0.05, 0.1) is 10.6 Å². The van der Waals surface area contributed by atoms with Crippen LogP contribution in [-0.2, 0) is 9.84 Å². The molecular weight excluding hydrogens is 347 g/mol. The van der Waals surface area contributed by atoms with Crippen LogP contribution in [0.25, 0.3) is 0 Å². The summed E-state index contributed by atoms with van der Waals surface area (Å²) in [4.78, 5) is 12.1. The van der Waals surface area contributed by atoms with E-state index in [-0.39, 0.29) is 16.1 Å². The van der Waals surface area contributed by atoms with Gasteiger partial charge >= 0.3 is 6.36 Å². The first-order chi connectivity index (χ1) is 11.1. The Hall–Kier alpha value is -2.55. The molecule has 0 fully saturated rings. The van der Waals surface area contributed by atoms with Crippen molar-refractivity contribution in [3.63, 3.8) is 0 Å². The number of hydrogen-bond donors (Lipinski definition) is 1. The highest BCUT2D eigenvalue weighted by molar-refractivity contribution is 7.90. The average molecular weight is 359 g/mol. The first-order valence-corrected chi connectivity index (χ1v) is 8.42. The summed E-state index contributed by atoms with van der Waals surface area (Å²) in [5.74, 6) is -1.25. The lowest BCUT2D eigenvalue weighted by Gasteiger charge is -2.13. The van der Waals surface area contributed by atoms with Gasteiger partial charge in [0.15, 0.2) is 15.6 Å². The first-order valence-electron chi connectivity index (χ1n) is 6.52. The van der Waals surface area contributed by atoms with Crippen LogP contribution >= 0.6 is 0 Å². The molecule has 0 aliphatic carbocycles. The highest BCUT2D eigenvalue weighted by Crippen LogP contribution is 2.30. The number of carbonyl (C=O) groups excluding carboxylic acids is 1. The van der Waals surface area contributed by atoms with Crippen LogP contribution in [0.5, 0.6) is 5.75 Å². The molecule has 24 heavy (non-hydrogen) atoms. The topological polar surface area (TPSA) is 72.5 Å². The van der Waals surface area contributed by atoms with Gasteiger partial charge in [0.1, 0.15) is 0 Å². The smallest absolute Gasteiger partial charge is 0.404 e. The molecule has 0 aliphatic heterocycles. The zero-order valence-corrected chi connectivity index (χ0v) is 13.1. The third kappa shape index (κ3) is 4.72. The molecule has 1 N–H and O–H groups in total. The molecule has 0 bridgehead atoms. The van der Waals surface area contributed by atoms with Crippen molar-refractivity contribution in [2.75, 3.05) is 11.6 Å². The predicted octanol–water partition coefficient (Wildman–Crippen LogP) is 3.24. The number of amides is 1. The summed E-state index contributed by atoms with van der Waals surface area (Å²) in [5.41, 5.74) is -0.0729. The standard InChI is InChI=1S/C15H12F3NO4S/c1-24(21,22)11-8-6-10(7-9-11)14(20)19-12-4-2-3-5-13(12)23-15(16,17)18/h2-9H,1H3,(H,19,20). The van der Waals surface area contributed by atoms with Gasteiger partial charge in [0.25, 0.3) is 5.91 Å². The number of halogens is 3. The summed E-state index contributed by atoms with van der Waals surface area (Å²) < 4.78 is 63.6. The summed E-state index contributed by atoms with van der Waals surface area (Å²) in [6.45, 7) is 0. The molecule has 2 rings (SSSR count). The molecule has 0 unspecified atom stereocenters. The Bertz CT molecular complexity index is 846. The molecule has 0 aliphatic rings. The van der Waals surface area contributed by atoms with Gasteiger partial charge in [-0.05, 0) is 36.4 Å². The Morgan fingerprint density at radius 2 is 1.62 bits per heavy atom. The molecule has 0 heterocycles. The Morgan fingerprint density at radius 1 is 1.04 bits per heavy atom. The van der Waals surface area contributed by atoms with Gasteiger partial charge in [-0.3, -0.25) is 4.79 Å². The summed E-state index contributed by atoms with van der Waals surface area (Å²) in [7, 11) is -3.41. The quantitative estimate of drug-likeness (QED) is 0.910. The molecule has 0 saturated carbocycles. The maximum atomic E-state index is 12.3. The Morgan fingerprint density at radius 3 is 2.17 bits per heavy atom. The van der Waals surface area contributed by atoms with Gasteiger partial charge in [-0.25, -0.2) is 8.42 Å². The lowest BCUT2D eigenvalue weighted by atomic mass is 10.2. The third-order valence-corrected chi connectivity index (χ3v) is 4.03. The second kappa shape index (κ2) is 6.52. The minimum absolute atomic E-state index is 0.0276. The van der Waals surface area contributed by atoms with Crippen LogP contribution in [0.1, 0.15) is 10.4 Å². The zero-order chi connectivity index (χ0) is 18.0. The number of carbonyl (C=O) groups is 1. The Kier molecular flexibility index (Phi) is 4.83. The van der Waals surface area contributed by atoms with Crippen LogP contribution in [0.15, 0.2) is 53.4 Å². The van der Waals surface area contributed by atoms with E-state index in [0.29, 0.717) is 0 Å². The van der Waals surface area contributed by atoms with Gasteiger partial charge < -0.3 is 10.1 Å². The molecule has 0 aromatic heterocycles. The van der Waals surface area contributed by atoms with Crippen molar-refractivity contribution >= 4 is 21.4 Å². The summed E-state index contributed by atoms with van der Waals surface area (Å²) in [5, 5.41) is 2.29. The number of alkyl halides is 3. The fraction of sp³-hybridized carbons (Fsp3) is 0.133. The number of hydrogen-bond acceptors (Lipinski definition) is 4. The predicted molar refractivity (Wildman–Crippen MR) is 80.6 cm³/mol. The highest BCUT2D eigenvalue weighted by Gasteiger charge is 2.32. The van der Waals surface area contributed by atoms with Gasteiger partial charge in [0.2, 0.25) is 0 Å². The fourth-order valence-electron chi connectivity index (χ4n) is 1.83. The molecule has 0 atom stereocenters. The number of sulfone groups is 1. The summed E-state index contributed by atoms with van der Waals surface area (Å²) in [6, 6.07) is 10.1. The van der Waals surface area contributed by atoms with Crippen LogP contribution in [0, 0.1) is 0 Å². The molecule has 2 aromatic carbocycles. The van der Waals surface area contributed by atoms with Crippen LogP contribution < -0.4 is 10.1 Å². The van der Waals surface area contributed by atoms with Crippen molar-refractivity contribution in [1.82, 2.24) is 0 Å². The summed E-state index contributed by atoms with van der Waals surface area (Å²) >= 11 is 0. The highest BCUT2D eigenvalue weighted by atomic mass is 32.2. The molecule has 5 nitrogen and oxygen atoms in total. The molecule has 128 valence electrons. The molecule has 0 radical (unpaired) electrons. The number of para-hydroxylation sites is 2. The maximum absolute atomic E-state index is 12.3. The number of rotatable bonds is 4. The largest absolute Gasteiger partial charge is 0.573 e. The number of benzene rings is 2. The molecular formula is C15H12F3NO4S. The van der Waals surface area contributed by atoms with Crippen molar-refractivity contribution in [2.45, 2.75) is 11.3 Å². The van der Waals surface area contributed by atoms with E-state index in [1.165, 1.54) is 42.5 Å². The van der Waals surface area contributed by atoms with Gasteiger partial charge in [0, 0.05) is 11.8 Å². The van der Waals surface area contributed by atoms with Crippen molar-refractivity contribution in [2.24, 2.45) is 0 Å². The second-order valence-corrected chi connectivity index (χ2v) is 6.81. The SMILES string of the molecule is CS(=O)(=O)c1ccc(C(=O)Nc2ccccc2OC(F)(F)F)cc1. The normalized spacial score (nSPS) is 11.8. The van der Waals surface area contributed by atoms with E-state index in [2.05, 4.69) is 10.1 Å². The zero-order valence-electron chi connectivity index (χ0n) is 12.3. The van der Waals surface area contributed by atoms with E-state index < -0.39 is 27.9 Å². The lowest BCUT2D eigenvalue weighted by Crippen LogP contribution is -2.19. The minimum atomic E-state index is -4.89. The molecule has 0 saturated heterocycles. The third-order valence-electron chi connectivity index (χ3n) is 2.91. The van der Waals surface area contributed by atoms with Crippen LogP contribution in [-0.4, -0.2) is 26.9 Å². The van der Waals surface area contributed by atoms with Crippen LogP contribution in [0.2, 0.25) is 0 Å². The monoisotopic (exact) mass is 359 g/mol. The van der Waals surface area contributed by atoms with Gasteiger partial charge in [-0.1, -0.05) is 12.1 Å². The fourth-order valence-corrected chi connectivity index (χ4v) is 2.46. The van der Waals surface area contributed by atoms with Crippen molar-refractivity contribution in [3.05, 3.63) is 54.1 Å². The number of nitrogens with one attached hydrogen (secondary N) is 1. The van der Waals surface area contributed by atoms with E-state index in [0.717, 1.165) is 12.3 Å². The van der Waals surface area contributed by atoms with Crippen LogP contribution in [0.3, 0.4) is 0 Å². The average Bonchev–Trinajstić information content (AvgIpc) is 2.47. The van der Waals surface area contributed by atoms with Gasteiger partial charge in [-0.15, -0.1) is 13.2 Å².